The van der Waals surface area contributed by atoms with E-state index in [0.717, 1.165) is 62.7 Å². The molecule has 2 atom stereocenters. The van der Waals surface area contributed by atoms with Crippen molar-refractivity contribution in [2.45, 2.75) is 76.6 Å². The van der Waals surface area contributed by atoms with Gasteiger partial charge in [0.05, 0.1) is 12.8 Å². The molecule has 2 unspecified atom stereocenters. The number of carbonyl (C=O) groups is 1. The molecule has 168 valence electrons. The molecule has 0 spiro atoms. The highest BCUT2D eigenvalue weighted by atomic mass is 32.2. The number of ether oxygens (including phenoxy) is 1. The molecule has 2 saturated heterocycles. The predicted molar refractivity (Wildman–Crippen MR) is 122 cm³/mol. The molecule has 2 N–H and O–H groups in total. The van der Waals surface area contributed by atoms with Crippen molar-refractivity contribution in [2.75, 3.05) is 25.1 Å². The number of carbonyl (C=O) groups excluding carboxylic acids is 1. The highest BCUT2D eigenvalue weighted by molar-refractivity contribution is 7.98. The number of piperidine rings is 1. The lowest BCUT2D eigenvalue weighted by Crippen LogP contribution is -2.55. The van der Waals surface area contributed by atoms with Gasteiger partial charge in [-0.3, -0.25) is 4.99 Å². The number of hydrogen-bond acceptors (Lipinski definition) is 5. The van der Waals surface area contributed by atoms with Crippen molar-refractivity contribution in [3.8, 4) is 0 Å². The summed E-state index contributed by atoms with van der Waals surface area (Å²) in [6, 6.07) is 4.70. The van der Waals surface area contributed by atoms with Crippen molar-refractivity contribution in [2.24, 2.45) is 4.99 Å². The Morgan fingerprint density at radius 3 is 2.67 bits per heavy atom. The summed E-state index contributed by atoms with van der Waals surface area (Å²) in [7, 11) is 0. The number of furan rings is 1. The van der Waals surface area contributed by atoms with Gasteiger partial charge in [-0.15, -0.1) is 0 Å². The molecule has 2 bridgehead atoms. The summed E-state index contributed by atoms with van der Waals surface area (Å²) in [6.07, 6.45) is 8.40. The molecule has 0 saturated carbocycles. The molecular formula is C22H36N4O3S. The fourth-order valence-corrected chi connectivity index (χ4v) is 4.54. The maximum absolute atomic E-state index is 12.7. The van der Waals surface area contributed by atoms with Crippen molar-refractivity contribution >= 4 is 23.8 Å². The number of thioether (sulfide) groups is 1. The van der Waals surface area contributed by atoms with E-state index in [1.165, 1.54) is 0 Å². The van der Waals surface area contributed by atoms with E-state index in [1.807, 2.05) is 37.8 Å². The smallest absolute Gasteiger partial charge is 0.410 e. The molecule has 1 aromatic heterocycles. The normalized spacial score (nSPS) is 24.1. The molecule has 7 nitrogen and oxygen atoms in total. The number of hydrogen-bond donors (Lipinski definition) is 2. The van der Waals surface area contributed by atoms with Crippen LogP contribution in [-0.2, 0) is 11.2 Å². The Morgan fingerprint density at radius 1 is 1.33 bits per heavy atom. The number of guanidine groups is 1. The third kappa shape index (κ3) is 6.59. The maximum Gasteiger partial charge on any atom is 0.410 e. The van der Waals surface area contributed by atoms with E-state index in [4.69, 9.17) is 14.1 Å². The van der Waals surface area contributed by atoms with Gasteiger partial charge in [0.25, 0.3) is 0 Å². The van der Waals surface area contributed by atoms with Gasteiger partial charge in [-0.25, -0.2) is 4.79 Å². The topological polar surface area (TPSA) is 79.1 Å². The Hall–Kier alpha value is -1.83. The van der Waals surface area contributed by atoms with Crippen LogP contribution in [0.4, 0.5) is 4.79 Å². The summed E-state index contributed by atoms with van der Waals surface area (Å²) in [5.74, 6) is 2.81. The van der Waals surface area contributed by atoms with Crippen LogP contribution in [-0.4, -0.2) is 65.8 Å². The molecule has 3 heterocycles. The molecule has 0 aliphatic carbocycles. The first-order valence-electron chi connectivity index (χ1n) is 10.9. The van der Waals surface area contributed by atoms with E-state index in [2.05, 4.69) is 16.9 Å². The molecule has 1 aromatic rings. The first-order chi connectivity index (χ1) is 14.4. The van der Waals surface area contributed by atoms with Gasteiger partial charge in [-0.1, -0.05) is 0 Å². The summed E-state index contributed by atoms with van der Waals surface area (Å²) in [5.41, 5.74) is -0.458. The number of amides is 1. The van der Waals surface area contributed by atoms with Crippen LogP contribution in [0, 0.1) is 0 Å². The Bertz CT molecular complexity index is 688. The standard InChI is InChI=1S/C22H36N4O3S/c1-22(2,3)29-21(27)26-17-7-8-18(26)15-16(14-17)25-20(24-11-13-30-4)23-10-9-19-6-5-12-28-19/h5-6,12,16-18H,7-11,13-15H2,1-4H3,(H2,23,24,25). The minimum absolute atomic E-state index is 0.168. The molecule has 2 aliphatic heterocycles. The van der Waals surface area contributed by atoms with Crippen LogP contribution in [0.25, 0.3) is 0 Å². The van der Waals surface area contributed by atoms with E-state index in [-0.39, 0.29) is 18.2 Å². The van der Waals surface area contributed by atoms with E-state index < -0.39 is 5.60 Å². The summed E-state index contributed by atoms with van der Waals surface area (Å²) < 4.78 is 11.1. The zero-order chi connectivity index (χ0) is 21.6. The number of aliphatic imine (C=N–C) groups is 1. The quantitative estimate of drug-likeness (QED) is 0.386. The van der Waals surface area contributed by atoms with Crippen molar-refractivity contribution < 1.29 is 13.9 Å². The molecule has 1 amide bonds. The monoisotopic (exact) mass is 436 g/mol. The van der Waals surface area contributed by atoms with Gasteiger partial charge in [0.2, 0.25) is 0 Å². The minimum atomic E-state index is -0.458. The third-order valence-corrected chi connectivity index (χ3v) is 6.08. The average molecular weight is 437 g/mol. The molecule has 0 aromatic carbocycles. The highest BCUT2D eigenvalue weighted by Gasteiger charge is 2.45. The fourth-order valence-electron chi connectivity index (χ4n) is 4.26. The van der Waals surface area contributed by atoms with Crippen LogP contribution in [0.1, 0.15) is 52.2 Å². The molecular weight excluding hydrogens is 400 g/mol. The van der Waals surface area contributed by atoms with Crippen molar-refractivity contribution in [1.82, 2.24) is 15.5 Å². The largest absolute Gasteiger partial charge is 0.469 e. The second-order valence-electron chi connectivity index (χ2n) is 9.06. The van der Waals surface area contributed by atoms with Gasteiger partial charge >= 0.3 is 6.09 Å². The number of nitrogens with one attached hydrogen (secondary N) is 2. The molecule has 0 radical (unpaired) electrons. The SMILES string of the molecule is CSCCN=C(NCCc1ccco1)NC1CC2CCC(C1)N2C(=O)OC(C)(C)C. The molecule has 30 heavy (non-hydrogen) atoms. The fraction of sp³-hybridized carbons (Fsp3) is 0.727. The van der Waals surface area contributed by atoms with E-state index in [0.29, 0.717) is 6.04 Å². The van der Waals surface area contributed by atoms with E-state index in [1.54, 1.807) is 18.0 Å². The van der Waals surface area contributed by atoms with Crippen LogP contribution >= 0.6 is 11.8 Å². The van der Waals surface area contributed by atoms with Crippen molar-refractivity contribution in [3.63, 3.8) is 0 Å². The van der Waals surface area contributed by atoms with Crippen LogP contribution in [0.5, 0.6) is 0 Å². The van der Waals surface area contributed by atoms with Crippen LogP contribution in [0.3, 0.4) is 0 Å². The lowest BCUT2D eigenvalue weighted by Gasteiger charge is -2.40. The zero-order valence-corrected chi connectivity index (χ0v) is 19.5. The Labute approximate surface area is 184 Å². The van der Waals surface area contributed by atoms with Crippen LogP contribution < -0.4 is 10.6 Å². The highest BCUT2D eigenvalue weighted by Crippen LogP contribution is 2.36. The Kier molecular flexibility index (Phi) is 7.97. The molecule has 8 heteroatoms. The van der Waals surface area contributed by atoms with Crippen LogP contribution in [0.15, 0.2) is 27.8 Å². The van der Waals surface area contributed by atoms with Gasteiger partial charge in [0.15, 0.2) is 5.96 Å². The molecule has 2 fully saturated rings. The summed E-state index contributed by atoms with van der Waals surface area (Å²) in [6.45, 7) is 7.32. The summed E-state index contributed by atoms with van der Waals surface area (Å²) in [5, 5.41) is 7.07. The van der Waals surface area contributed by atoms with Crippen molar-refractivity contribution in [3.05, 3.63) is 24.2 Å². The average Bonchev–Trinajstić information content (AvgIpc) is 3.27. The van der Waals surface area contributed by atoms with Gasteiger partial charge in [-0.2, -0.15) is 11.8 Å². The third-order valence-electron chi connectivity index (χ3n) is 5.49. The maximum atomic E-state index is 12.7. The second kappa shape index (κ2) is 10.5. The number of fused-ring (bicyclic) bond motifs is 2. The first kappa shape index (κ1) is 22.8. The van der Waals surface area contributed by atoms with Crippen LogP contribution in [0.2, 0.25) is 0 Å². The lowest BCUT2D eigenvalue weighted by molar-refractivity contribution is 0.00545. The molecule has 2 aliphatic rings. The van der Waals surface area contributed by atoms with Crippen molar-refractivity contribution in [1.29, 1.82) is 0 Å². The number of nitrogens with zero attached hydrogens (tertiary/aromatic N) is 2. The second-order valence-corrected chi connectivity index (χ2v) is 10.1. The van der Waals surface area contributed by atoms with Gasteiger partial charge in [0.1, 0.15) is 11.4 Å². The summed E-state index contributed by atoms with van der Waals surface area (Å²) in [4.78, 5) is 19.4. The van der Waals surface area contributed by atoms with E-state index in [9.17, 15) is 4.79 Å². The first-order valence-corrected chi connectivity index (χ1v) is 12.3. The van der Waals surface area contributed by atoms with Gasteiger partial charge < -0.3 is 24.7 Å². The molecule has 3 rings (SSSR count). The van der Waals surface area contributed by atoms with Gasteiger partial charge in [0, 0.05) is 36.8 Å². The number of rotatable bonds is 7. The Balaban J connectivity index is 1.55. The summed E-state index contributed by atoms with van der Waals surface area (Å²) >= 11 is 1.79. The zero-order valence-electron chi connectivity index (χ0n) is 18.6. The minimum Gasteiger partial charge on any atom is -0.469 e. The van der Waals surface area contributed by atoms with E-state index >= 15 is 0 Å². The Morgan fingerprint density at radius 2 is 2.07 bits per heavy atom. The lowest BCUT2D eigenvalue weighted by atomic mass is 9.98. The predicted octanol–water partition coefficient (Wildman–Crippen LogP) is 3.65. The van der Waals surface area contributed by atoms with Gasteiger partial charge in [-0.05, 0) is 64.8 Å².